The second-order valence-electron chi connectivity index (χ2n) is 4.76. The molecule has 0 saturated heterocycles. The lowest BCUT2D eigenvalue weighted by atomic mass is 9.81. The first kappa shape index (κ1) is 12.6. The van der Waals surface area contributed by atoms with E-state index in [2.05, 4.69) is 5.32 Å². The molecule has 1 fully saturated rings. The van der Waals surface area contributed by atoms with Gasteiger partial charge in [-0.15, -0.1) is 0 Å². The number of amides is 1. The highest BCUT2D eigenvalue weighted by molar-refractivity contribution is 5.87. The predicted octanol–water partition coefficient (Wildman–Crippen LogP) is 2.16. The molecule has 0 bridgehead atoms. The molecule has 1 aliphatic carbocycles. The summed E-state index contributed by atoms with van der Waals surface area (Å²) in [4.78, 5) is 21.1. The first-order chi connectivity index (χ1) is 8.70. The Labute approximate surface area is 106 Å². The van der Waals surface area contributed by atoms with Gasteiger partial charge in [0.2, 0.25) is 6.41 Å². The monoisotopic (exact) mass is 247 g/mol. The van der Waals surface area contributed by atoms with Gasteiger partial charge in [-0.1, -0.05) is 12.1 Å². The molecule has 0 radical (unpaired) electrons. The van der Waals surface area contributed by atoms with E-state index < -0.39 is 5.97 Å². The third-order valence-corrected chi connectivity index (χ3v) is 3.66. The summed E-state index contributed by atoms with van der Waals surface area (Å²) >= 11 is 0. The molecule has 1 aromatic carbocycles. The van der Waals surface area contributed by atoms with E-state index in [0.29, 0.717) is 17.5 Å². The van der Waals surface area contributed by atoms with E-state index in [1.807, 2.05) is 12.1 Å². The summed E-state index contributed by atoms with van der Waals surface area (Å²) in [5.74, 6) is -0.405. The fraction of sp³-hybridized carbons (Fsp3) is 0.429. The molecule has 0 heterocycles. The number of carboxylic acids is 1. The van der Waals surface area contributed by atoms with E-state index in [0.717, 1.165) is 32.1 Å². The summed E-state index contributed by atoms with van der Waals surface area (Å²) in [6, 6.07) is 7.43. The molecule has 0 unspecified atom stereocenters. The first-order valence-electron chi connectivity index (χ1n) is 6.23. The van der Waals surface area contributed by atoms with Crippen molar-refractivity contribution in [2.75, 3.05) is 0 Å². The Bertz CT molecular complexity index is 419. The number of rotatable bonds is 4. The number of aromatic carboxylic acids is 1. The third-order valence-electron chi connectivity index (χ3n) is 3.66. The first-order valence-corrected chi connectivity index (χ1v) is 6.23. The van der Waals surface area contributed by atoms with Crippen molar-refractivity contribution in [3.05, 3.63) is 35.4 Å². The van der Waals surface area contributed by atoms with Crippen LogP contribution in [0.5, 0.6) is 0 Å². The summed E-state index contributed by atoms with van der Waals surface area (Å²) in [6.45, 7) is 0. The van der Waals surface area contributed by atoms with Gasteiger partial charge in [-0.25, -0.2) is 4.79 Å². The highest BCUT2D eigenvalue weighted by Crippen LogP contribution is 2.32. The molecule has 2 rings (SSSR count). The van der Waals surface area contributed by atoms with Gasteiger partial charge in [0.25, 0.3) is 0 Å². The van der Waals surface area contributed by atoms with Crippen molar-refractivity contribution < 1.29 is 14.7 Å². The van der Waals surface area contributed by atoms with Crippen molar-refractivity contribution in [1.29, 1.82) is 0 Å². The van der Waals surface area contributed by atoms with Crippen LogP contribution in [0.15, 0.2) is 24.3 Å². The zero-order valence-electron chi connectivity index (χ0n) is 10.1. The fourth-order valence-corrected chi connectivity index (χ4v) is 2.59. The van der Waals surface area contributed by atoms with Crippen molar-refractivity contribution in [2.24, 2.45) is 0 Å². The van der Waals surface area contributed by atoms with Crippen LogP contribution in [0, 0.1) is 0 Å². The molecule has 0 atom stereocenters. The summed E-state index contributed by atoms with van der Waals surface area (Å²) in [5.41, 5.74) is 1.53. The molecule has 2 N–H and O–H groups in total. The molecule has 0 spiro atoms. The van der Waals surface area contributed by atoms with Crippen LogP contribution >= 0.6 is 0 Å². The van der Waals surface area contributed by atoms with Gasteiger partial charge in [-0.2, -0.15) is 0 Å². The second-order valence-corrected chi connectivity index (χ2v) is 4.76. The second kappa shape index (κ2) is 5.67. The Morgan fingerprint density at radius 3 is 2.28 bits per heavy atom. The molecule has 1 amide bonds. The van der Waals surface area contributed by atoms with Crippen LogP contribution in [-0.4, -0.2) is 23.5 Å². The lowest BCUT2D eigenvalue weighted by Gasteiger charge is -2.28. The van der Waals surface area contributed by atoms with Gasteiger partial charge in [-0.3, -0.25) is 4.79 Å². The van der Waals surface area contributed by atoms with Crippen LogP contribution in [0.4, 0.5) is 0 Å². The van der Waals surface area contributed by atoms with Crippen LogP contribution in [0.25, 0.3) is 0 Å². The van der Waals surface area contributed by atoms with Crippen LogP contribution in [0.1, 0.15) is 47.5 Å². The minimum absolute atomic E-state index is 0.303. The number of hydrogen-bond donors (Lipinski definition) is 2. The lowest BCUT2D eigenvalue weighted by Crippen LogP contribution is -2.31. The van der Waals surface area contributed by atoms with Crippen LogP contribution in [0.2, 0.25) is 0 Å². The molecular formula is C14H17NO3. The Hall–Kier alpha value is -1.84. The minimum Gasteiger partial charge on any atom is -0.478 e. The molecular weight excluding hydrogens is 230 g/mol. The number of carbonyl (C=O) groups is 2. The maximum atomic E-state index is 10.8. The molecule has 4 heteroatoms. The summed E-state index contributed by atoms with van der Waals surface area (Å²) in [6.07, 6.45) is 4.83. The van der Waals surface area contributed by atoms with E-state index in [-0.39, 0.29) is 0 Å². The number of benzene rings is 1. The Balaban J connectivity index is 1.97. The van der Waals surface area contributed by atoms with Crippen molar-refractivity contribution in [3.63, 3.8) is 0 Å². The van der Waals surface area contributed by atoms with Crippen molar-refractivity contribution in [3.8, 4) is 0 Å². The standard InChI is InChI=1S/C14H17NO3/c16-9-15-13-7-5-11(6-8-13)10-1-3-12(4-2-10)14(17)18/h1-4,9,11,13H,5-8H2,(H,15,16)(H,17,18). The normalized spacial score (nSPS) is 23.3. The van der Waals surface area contributed by atoms with Crippen LogP contribution in [-0.2, 0) is 4.79 Å². The van der Waals surface area contributed by atoms with Gasteiger partial charge in [0.1, 0.15) is 0 Å². The maximum absolute atomic E-state index is 10.8. The summed E-state index contributed by atoms with van der Waals surface area (Å²) in [5, 5.41) is 11.7. The van der Waals surface area contributed by atoms with Gasteiger partial charge in [-0.05, 0) is 49.3 Å². The summed E-state index contributed by atoms with van der Waals surface area (Å²) < 4.78 is 0. The minimum atomic E-state index is -0.888. The molecule has 4 nitrogen and oxygen atoms in total. The van der Waals surface area contributed by atoms with Crippen molar-refractivity contribution >= 4 is 12.4 Å². The van der Waals surface area contributed by atoms with Crippen LogP contribution in [0.3, 0.4) is 0 Å². The third kappa shape index (κ3) is 2.88. The number of carbonyl (C=O) groups excluding carboxylic acids is 1. The number of carboxylic acid groups (broad SMARTS) is 1. The van der Waals surface area contributed by atoms with E-state index in [1.54, 1.807) is 12.1 Å². The average Bonchev–Trinajstić information content (AvgIpc) is 2.40. The molecule has 96 valence electrons. The largest absolute Gasteiger partial charge is 0.478 e. The van der Waals surface area contributed by atoms with Crippen LogP contribution < -0.4 is 5.32 Å². The van der Waals surface area contributed by atoms with E-state index in [1.165, 1.54) is 5.56 Å². The highest BCUT2D eigenvalue weighted by Gasteiger charge is 2.21. The van der Waals surface area contributed by atoms with E-state index in [4.69, 9.17) is 5.11 Å². The fourth-order valence-electron chi connectivity index (χ4n) is 2.59. The maximum Gasteiger partial charge on any atom is 0.335 e. The number of nitrogens with one attached hydrogen (secondary N) is 1. The Kier molecular flexibility index (Phi) is 3.97. The lowest BCUT2D eigenvalue weighted by molar-refractivity contribution is -0.110. The highest BCUT2D eigenvalue weighted by atomic mass is 16.4. The Morgan fingerprint density at radius 2 is 1.78 bits per heavy atom. The molecule has 0 aromatic heterocycles. The molecule has 0 aliphatic heterocycles. The van der Waals surface area contributed by atoms with Gasteiger partial charge in [0.05, 0.1) is 5.56 Å². The number of hydrogen-bond acceptors (Lipinski definition) is 2. The molecule has 1 aliphatic rings. The van der Waals surface area contributed by atoms with Crippen molar-refractivity contribution in [1.82, 2.24) is 5.32 Å². The van der Waals surface area contributed by atoms with E-state index >= 15 is 0 Å². The van der Waals surface area contributed by atoms with Crippen molar-refractivity contribution in [2.45, 2.75) is 37.6 Å². The van der Waals surface area contributed by atoms with Gasteiger partial charge >= 0.3 is 5.97 Å². The van der Waals surface area contributed by atoms with Gasteiger partial charge in [0.15, 0.2) is 0 Å². The molecule has 1 saturated carbocycles. The quantitative estimate of drug-likeness (QED) is 0.801. The smallest absolute Gasteiger partial charge is 0.335 e. The van der Waals surface area contributed by atoms with E-state index in [9.17, 15) is 9.59 Å². The Morgan fingerprint density at radius 1 is 1.17 bits per heavy atom. The van der Waals surface area contributed by atoms with Gasteiger partial charge < -0.3 is 10.4 Å². The molecule has 1 aromatic rings. The SMILES string of the molecule is O=CNC1CCC(c2ccc(C(=O)O)cc2)CC1. The van der Waals surface area contributed by atoms with Gasteiger partial charge in [0, 0.05) is 6.04 Å². The summed E-state index contributed by atoms with van der Waals surface area (Å²) in [7, 11) is 0. The average molecular weight is 247 g/mol. The molecule has 18 heavy (non-hydrogen) atoms. The zero-order valence-corrected chi connectivity index (χ0v) is 10.1. The predicted molar refractivity (Wildman–Crippen MR) is 67.6 cm³/mol. The zero-order chi connectivity index (χ0) is 13.0. The topological polar surface area (TPSA) is 66.4 Å².